The molecule has 3 heteroatoms. The van der Waals surface area contributed by atoms with E-state index >= 15 is 0 Å². The lowest BCUT2D eigenvalue weighted by molar-refractivity contribution is 0.376. The van der Waals surface area contributed by atoms with Gasteiger partial charge in [-0.25, -0.2) is 4.98 Å². The van der Waals surface area contributed by atoms with Gasteiger partial charge in [-0.1, -0.05) is 13.0 Å². The van der Waals surface area contributed by atoms with E-state index < -0.39 is 0 Å². The van der Waals surface area contributed by atoms with Crippen molar-refractivity contribution in [1.82, 2.24) is 10.3 Å². The molecule has 1 N–H and O–H groups in total. The van der Waals surface area contributed by atoms with E-state index in [-0.39, 0.29) is 0 Å². The summed E-state index contributed by atoms with van der Waals surface area (Å²) in [6, 6.07) is 4.18. The Morgan fingerprint density at radius 1 is 1.50 bits per heavy atom. The molecule has 0 radical (unpaired) electrons. The summed E-state index contributed by atoms with van der Waals surface area (Å²) in [5.74, 6) is 1.94. The predicted molar refractivity (Wildman–Crippen MR) is 77.1 cm³/mol. The maximum Gasteiger partial charge on any atom is 0.131 e. The third-order valence-corrected chi connectivity index (χ3v) is 3.65. The summed E-state index contributed by atoms with van der Waals surface area (Å²) in [6.07, 6.45) is 5.74. The fourth-order valence-electron chi connectivity index (χ4n) is 2.75. The fraction of sp³-hybridized carbons (Fsp3) is 0.667. The molecule has 2 heterocycles. The van der Waals surface area contributed by atoms with Gasteiger partial charge in [-0.15, -0.1) is 0 Å². The van der Waals surface area contributed by atoms with Crippen LogP contribution in [0.2, 0.25) is 0 Å². The smallest absolute Gasteiger partial charge is 0.131 e. The van der Waals surface area contributed by atoms with Crippen LogP contribution in [0.1, 0.15) is 31.7 Å². The van der Waals surface area contributed by atoms with Crippen LogP contribution in [0.3, 0.4) is 0 Å². The molecule has 2 rings (SSSR count). The van der Waals surface area contributed by atoms with Gasteiger partial charge in [0.15, 0.2) is 0 Å². The average molecular weight is 247 g/mol. The number of aryl methyl sites for hydroxylation is 1. The maximum atomic E-state index is 4.57. The number of hydrogen-bond donors (Lipinski definition) is 1. The molecule has 0 bridgehead atoms. The van der Waals surface area contributed by atoms with Crippen LogP contribution in [0.15, 0.2) is 18.3 Å². The molecular weight excluding hydrogens is 222 g/mol. The number of nitrogens with one attached hydrogen (secondary N) is 1. The van der Waals surface area contributed by atoms with Crippen molar-refractivity contribution in [2.75, 3.05) is 31.1 Å². The van der Waals surface area contributed by atoms with E-state index in [4.69, 9.17) is 0 Å². The molecule has 18 heavy (non-hydrogen) atoms. The Morgan fingerprint density at radius 3 is 3.06 bits per heavy atom. The van der Waals surface area contributed by atoms with Crippen molar-refractivity contribution in [2.24, 2.45) is 5.92 Å². The Bertz CT molecular complexity index is 359. The van der Waals surface area contributed by atoms with Gasteiger partial charge in [0.2, 0.25) is 0 Å². The molecular formula is C15H25N3. The number of piperidine rings is 1. The standard InChI is InChI=1S/C15H25N3/c1-3-10-18(12-14-7-5-8-16-11-14)15-13(2)6-4-9-17-15/h4,6,9,14,16H,3,5,7-8,10-12H2,1-2H3. The molecule has 1 unspecified atom stereocenters. The minimum Gasteiger partial charge on any atom is -0.356 e. The first-order valence-corrected chi connectivity index (χ1v) is 7.18. The minimum absolute atomic E-state index is 0.770. The third-order valence-electron chi connectivity index (χ3n) is 3.65. The van der Waals surface area contributed by atoms with E-state index in [1.807, 2.05) is 12.3 Å². The Balaban J connectivity index is 2.05. The van der Waals surface area contributed by atoms with Gasteiger partial charge in [0.1, 0.15) is 5.82 Å². The van der Waals surface area contributed by atoms with Crippen molar-refractivity contribution < 1.29 is 0 Å². The molecule has 1 fully saturated rings. The van der Waals surface area contributed by atoms with Gasteiger partial charge in [0, 0.05) is 19.3 Å². The van der Waals surface area contributed by atoms with Crippen LogP contribution >= 0.6 is 0 Å². The van der Waals surface area contributed by atoms with Gasteiger partial charge < -0.3 is 10.2 Å². The van der Waals surface area contributed by atoms with E-state index in [1.54, 1.807) is 0 Å². The largest absolute Gasteiger partial charge is 0.356 e. The quantitative estimate of drug-likeness (QED) is 0.867. The topological polar surface area (TPSA) is 28.2 Å². The van der Waals surface area contributed by atoms with Crippen LogP contribution in [0.25, 0.3) is 0 Å². The second kappa shape index (κ2) is 6.74. The van der Waals surface area contributed by atoms with Crippen molar-refractivity contribution >= 4 is 5.82 Å². The molecule has 1 saturated heterocycles. The normalized spacial score (nSPS) is 19.8. The molecule has 0 aromatic carbocycles. The highest BCUT2D eigenvalue weighted by Crippen LogP contribution is 2.20. The van der Waals surface area contributed by atoms with Crippen molar-refractivity contribution in [3.8, 4) is 0 Å². The highest BCUT2D eigenvalue weighted by atomic mass is 15.2. The summed E-state index contributed by atoms with van der Waals surface area (Å²) in [7, 11) is 0. The summed E-state index contributed by atoms with van der Waals surface area (Å²) < 4.78 is 0. The van der Waals surface area contributed by atoms with E-state index in [0.717, 1.165) is 25.6 Å². The number of pyridine rings is 1. The number of aromatic nitrogens is 1. The van der Waals surface area contributed by atoms with Crippen molar-refractivity contribution in [3.05, 3.63) is 23.9 Å². The molecule has 1 atom stereocenters. The summed E-state index contributed by atoms with van der Waals surface area (Å²) in [4.78, 5) is 7.03. The predicted octanol–water partition coefficient (Wildman–Crippen LogP) is 2.61. The summed E-state index contributed by atoms with van der Waals surface area (Å²) in [5.41, 5.74) is 1.29. The molecule has 100 valence electrons. The van der Waals surface area contributed by atoms with Crippen molar-refractivity contribution in [1.29, 1.82) is 0 Å². The van der Waals surface area contributed by atoms with Crippen LogP contribution in [0.4, 0.5) is 5.82 Å². The Kier molecular flexibility index (Phi) is 5.00. The second-order valence-electron chi connectivity index (χ2n) is 5.30. The number of anilines is 1. The number of rotatable bonds is 5. The molecule has 0 spiro atoms. The zero-order valence-electron chi connectivity index (χ0n) is 11.7. The molecule has 1 aromatic heterocycles. The zero-order chi connectivity index (χ0) is 12.8. The van der Waals surface area contributed by atoms with Gasteiger partial charge in [-0.05, 0) is 56.8 Å². The van der Waals surface area contributed by atoms with Crippen LogP contribution in [0.5, 0.6) is 0 Å². The summed E-state index contributed by atoms with van der Waals surface area (Å²) in [6.45, 7) is 8.99. The molecule has 1 aliphatic heterocycles. The van der Waals surface area contributed by atoms with E-state index in [2.05, 4.69) is 35.1 Å². The van der Waals surface area contributed by atoms with Gasteiger partial charge in [0.05, 0.1) is 0 Å². The van der Waals surface area contributed by atoms with Crippen LogP contribution < -0.4 is 10.2 Å². The number of nitrogens with zero attached hydrogens (tertiary/aromatic N) is 2. The van der Waals surface area contributed by atoms with Crippen LogP contribution in [-0.2, 0) is 0 Å². The van der Waals surface area contributed by atoms with Gasteiger partial charge in [-0.3, -0.25) is 0 Å². The van der Waals surface area contributed by atoms with Crippen molar-refractivity contribution in [2.45, 2.75) is 33.1 Å². The summed E-state index contributed by atoms with van der Waals surface area (Å²) in [5, 5.41) is 3.50. The lowest BCUT2D eigenvalue weighted by atomic mass is 9.99. The van der Waals surface area contributed by atoms with E-state index in [9.17, 15) is 0 Å². The first-order valence-electron chi connectivity index (χ1n) is 7.18. The molecule has 0 saturated carbocycles. The first kappa shape index (κ1) is 13.3. The molecule has 3 nitrogen and oxygen atoms in total. The Morgan fingerprint density at radius 2 is 2.39 bits per heavy atom. The molecule has 1 aliphatic rings. The third kappa shape index (κ3) is 3.45. The van der Waals surface area contributed by atoms with Crippen LogP contribution in [0, 0.1) is 12.8 Å². The van der Waals surface area contributed by atoms with Crippen molar-refractivity contribution in [3.63, 3.8) is 0 Å². The van der Waals surface area contributed by atoms with Crippen LogP contribution in [-0.4, -0.2) is 31.2 Å². The Labute approximate surface area is 111 Å². The lowest BCUT2D eigenvalue weighted by Gasteiger charge is -2.31. The van der Waals surface area contributed by atoms with E-state index in [0.29, 0.717) is 0 Å². The molecule has 0 amide bonds. The first-order chi connectivity index (χ1) is 8.81. The second-order valence-corrected chi connectivity index (χ2v) is 5.30. The number of hydrogen-bond acceptors (Lipinski definition) is 3. The highest BCUT2D eigenvalue weighted by molar-refractivity contribution is 5.45. The molecule has 1 aromatic rings. The monoisotopic (exact) mass is 247 g/mol. The maximum absolute atomic E-state index is 4.57. The minimum atomic E-state index is 0.770. The SMILES string of the molecule is CCCN(CC1CCCNC1)c1ncccc1C. The zero-order valence-corrected chi connectivity index (χ0v) is 11.7. The van der Waals surface area contributed by atoms with Gasteiger partial charge in [0.25, 0.3) is 0 Å². The average Bonchev–Trinajstić information content (AvgIpc) is 2.40. The summed E-state index contributed by atoms with van der Waals surface area (Å²) >= 11 is 0. The lowest BCUT2D eigenvalue weighted by Crippen LogP contribution is -2.39. The Hall–Kier alpha value is -1.09. The van der Waals surface area contributed by atoms with Gasteiger partial charge in [-0.2, -0.15) is 0 Å². The molecule has 0 aliphatic carbocycles. The highest BCUT2D eigenvalue weighted by Gasteiger charge is 2.18. The fourth-order valence-corrected chi connectivity index (χ4v) is 2.75. The van der Waals surface area contributed by atoms with E-state index in [1.165, 1.54) is 37.2 Å². The van der Waals surface area contributed by atoms with Gasteiger partial charge >= 0.3 is 0 Å².